The van der Waals surface area contributed by atoms with Gasteiger partial charge in [-0.05, 0) is 30.2 Å². The van der Waals surface area contributed by atoms with Gasteiger partial charge in [0.1, 0.15) is 6.26 Å². The van der Waals surface area contributed by atoms with Gasteiger partial charge < -0.3 is 4.18 Å². The summed E-state index contributed by atoms with van der Waals surface area (Å²) in [6.07, 6.45) is 1.97. The predicted octanol–water partition coefficient (Wildman–Crippen LogP) is 3.37. The molecule has 0 aromatic heterocycles. The van der Waals surface area contributed by atoms with E-state index in [0.717, 1.165) is 10.0 Å². The Kier molecular flexibility index (Phi) is 4.80. The Hall–Kier alpha value is -1.02. The SMILES string of the molecule is O=S(=O)(OC=CCc1ccc(Br)cc1)C(F)(F)F. The lowest BCUT2D eigenvalue weighted by atomic mass is 10.2. The van der Waals surface area contributed by atoms with Crippen LogP contribution in [0.25, 0.3) is 0 Å². The van der Waals surface area contributed by atoms with Crippen molar-refractivity contribution in [3.05, 3.63) is 46.6 Å². The molecule has 0 amide bonds. The second-order valence-electron chi connectivity index (χ2n) is 3.20. The first-order valence-electron chi connectivity index (χ1n) is 4.61. The summed E-state index contributed by atoms with van der Waals surface area (Å²) in [5, 5.41) is 0. The minimum atomic E-state index is -5.55. The molecule has 0 aliphatic rings. The van der Waals surface area contributed by atoms with E-state index in [9.17, 15) is 21.6 Å². The maximum Gasteiger partial charge on any atom is 0.534 e. The molecular weight excluding hydrogens is 337 g/mol. The van der Waals surface area contributed by atoms with Gasteiger partial charge in [0, 0.05) is 4.47 Å². The summed E-state index contributed by atoms with van der Waals surface area (Å²) in [7, 11) is -5.55. The van der Waals surface area contributed by atoms with Crippen molar-refractivity contribution in [1.29, 1.82) is 0 Å². The fourth-order valence-electron chi connectivity index (χ4n) is 0.972. The first-order chi connectivity index (χ1) is 8.22. The van der Waals surface area contributed by atoms with Crippen molar-refractivity contribution in [1.82, 2.24) is 0 Å². The third-order valence-corrected chi connectivity index (χ3v) is 3.29. The summed E-state index contributed by atoms with van der Waals surface area (Å²) in [6.45, 7) is 0. The number of alkyl halides is 3. The van der Waals surface area contributed by atoms with E-state index >= 15 is 0 Å². The van der Waals surface area contributed by atoms with Crippen molar-refractivity contribution in [3.63, 3.8) is 0 Å². The topological polar surface area (TPSA) is 43.4 Å². The fourth-order valence-corrected chi connectivity index (χ4v) is 1.57. The maximum absolute atomic E-state index is 11.9. The summed E-state index contributed by atoms with van der Waals surface area (Å²) < 4.78 is 61.2. The first kappa shape index (κ1) is 15.0. The van der Waals surface area contributed by atoms with Crippen LogP contribution in [0.3, 0.4) is 0 Å². The summed E-state index contributed by atoms with van der Waals surface area (Å²) in [5.41, 5.74) is -4.60. The van der Waals surface area contributed by atoms with Crippen LogP contribution in [0.4, 0.5) is 13.2 Å². The Labute approximate surface area is 111 Å². The molecule has 1 aromatic rings. The van der Waals surface area contributed by atoms with E-state index in [1.807, 2.05) is 0 Å². The average Bonchev–Trinajstić information content (AvgIpc) is 2.25. The van der Waals surface area contributed by atoms with Crippen LogP contribution >= 0.6 is 15.9 Å². The number of hydrogen-bond acceptors (Lipinski definition) is 3. The van der Waals surface area contributed by atoms with Gasteiger partial charge in [-0.3, -0.25) is 0 Å². The van der Waals surface area contributed by atoms with Gasteiger partial charge in [0.2, 0.25) is 0 Å². The molecule has 0 saturated carbocycles. The highest BCUT2D eigenvalue weighted by molar-refractivity contribution is 9.10. The van der Waals surface area contributed by atoms with Gasteiger partial charge in [0.25, 0.3) is 0 Å². The van der Waals surface area contributed by atoms with Crippen LogP contribution in [0.2, 0.25) is 0 Å². The second kappa shape index (κ2) is 5.75. The molecule has 18 heavy (non-hydrogen) atoms. The van der Waals surface area contributed by atoms with Crippen molar-refractivity contribution in [2.75, 3.05) is 0 Å². The molecule has 0 atom stereocenters. The number of allylic oxidation sites excluding steroid dienone is 1. The van der Waals surface area contributed by atoms with Gasteiger partial charge in [-0.15, -0.1) is 0 Å². The highest BCUT2D eigenvalue weighted by Crippen LogP contribution is 2.24. The maximum atomic E-state index is 11.9. The number of halogens is 4. The molecule has 0 N–H and O–H groups in total. The van der Waals surface area contributed by atoms with Gasteiger partial charge in [-0.1, -0.05) is 28.1 Å². The third kappa shape index (κ3) is 4.34. The van der Waals surface area contributed by atoms with Crippen LogP contribution in [-0.2, 0) is 20.7 Å². The van der Waals surface area contributed by atoms with Crippen molar-refractivity contribution in [2.45, 2.75) is 11.9 Å². The first-order valence-corrected chi connectivity index (χ1v) is 6.81. The predicted molar refractivity (Wildman–Crippen MR) is 63.0 cm³/mol. The van der Waals surface area contributed by atoms with E-state index in [-0.39, 0.29) is 6.42 Å². The lowest BCUT2D eigenvalue weighted by Crippen LogP contribution is -2.23. The van der Waals surface area contributed by atoms with Crippen LogP contribution in [-0.4, -0.2) is 13.9 Å². The molecular formula is C10H8BrF3O3S. The zero-order chi connectivity index (χ0) is 13.8. The molecule has 0 heterocycles. The number of hydrogen-bond donors (Lipinski definition) is 0. The molecule has 1 rings (SSSR count). The minimum Gasteiger partial charge on any atom is -0.384 e. The molecule has 0 aliphatic heterocycles. The molecule has 1 aromatic carbocycles. The Bertz CT molecular complexity index is 520. The van der Waals surface area contributed by atoms with E-state index < -0.39 is 15.6 Å². The normalized spacial score (nSPS) is 12.9. The number of rotatable bonds is 4. The van der Waals surface area contributed by atoms with Crippen molar-refractivity contribution in [2.24, 2.45) is 0 Å². The molecule has 0 aliphatic carbocycles. The quantitative estimate of drug-likeness (QED) is 0.477. The largest absolute Gasteiger partial charge is 0.534 e. The van der Waals surface area contributed by atoms with Gasteiger partial charge in [-0.2, -0.15) is 21.6 Å². The zero-order valence-electron chi connectivity index (χ0n) is 8.82. The highest BCUT2D eigenvalue weighted by Gasteiger charge is 2.47. The van der Waals surface area contributed by atoms with E-state index in [2.05, 4.69) is 20.1 Å². The second-order valence-corrected chi connectivity index (χ2v) is 5.68. The lowest BCUT2D eigenvalue weighted by Gasteiger charge is -2.05. The lowest BCUT2D eigenvalue weighted by molar-refractivity contribution is -0.0515. The van der Waals surface area contributed by atoms with E-state index in [0.29, 0.717) is 6.26 Å². The van der Waals surface area contributed by atoms with Crippen LogP contribution in [0.5, 0.6) is 0 Å². The highest BCUT2D eigenvalue weighted by atomic mass is 79.9. The van der Waals surface area contributed by atoms with E-state index in [4.69, 9.17) is 0 Å². The van der Waals surface area contributed by atoms with Gasteiger partial charge in [0.15, 0.2) is 0 Å². The van der Waals surface area contributed by atoms with Crippen LogP contribution in [0, 0.1) is 0 Å². The molecule has 100 valence electrons. The summed E-state index contributed by atoms with van der Waals surface area (Å²) in [4.78, 5) is 0. The standard InChI is InChI=1S/C10H8BrF3O3S/c11-9-5-3-8(4-6-9)2-1-7-17-18(15,16)10(12,13)14/h1,3-7H,2H2. The van der Waals surface area contributed by atoms with Crippen molar-refractivity contribution >= 4 is 26.0 Å². The summed E-state index contributed by atoms with van der Waals surface area (Å²) in [6, 6.07) is 7.01. The Morgan fingerprint density at radius 1 is 1.22 bits per heavy atom. The van der Waals surface area contributed by atoms with E-state index in [1.54, 1.807) is 24.3 Å². The molecule has 0 unspecified atom stereocenters. The van der Waals surface area contributed by atoms with Gasteiger partial charge in [0.05, 0.1) is 0 Å². The summed E-state index contributed by atoms with van der Waals surface area (Å²) >= 11 is 3.23. The Morgan fingerprint density at radius 3 is 2.28 bits per heavy atom. The fraction of sp³-hybridized carbons (Fsp3) is 0.200. The minimum absolute atomic E-state index is 0.265. The van der Waals surface area contributed by atoms with Crippen molar-refractivity contribution in [3.8, 4) is 0 Å². The molecule has 0 radical (unpaired) electrons. The Morgan fingerprint density at radius 2 is 1.78 bits per heavy atom. The van der Waals surface area contributed by atoms with Crippen LogP contribution in [0.15, 0.2) is 41.1 Å². The van der Waals surface area contributed by atoms with Crippen LogP contribution < -0.4 is 0 Å². The average molecular weight is 345 g/mol. The third-order valence-electron chi connectivity index (χ3n) is 1.83. The molecule has 0 spiro atoms. The zero-order valence-corrected chi connectivity index (χ0v) is 11.2. The molecule has 0 saturated heterocycles. The smallest absolute Gasteiger partial charge is 0.384 e. The monoisotopic (exact) mass is 344 g/mol. The molecule has 8 heteroatoms. The molecule has 3 nitrogen and oxygen atoms in total. The number of benzene rings is 1. The van der Waals surface area contributed by atoms with Gasteiger partial charge >= 0.3 is 15.6 Å². The van der Waals surface area contributed by atoms with Crippen LogP contribution in [0.1, 0.15) is 5.56 Å². The van der Waals surface area contributed by atoms with E-state index in [1.165, 1.54) is 6.08 Å². The van der Waals surface area contributed by atoms with Crippen molar-refractivity contribution < 1.29 is 25.8 Å². The molecule has 0 bridgehead atoms. The molecule has 0 fully saturated rings. The Balaban J connectivity index is 2.55. The summed E-state index contributed by atoms with van der Waals surface area (Å²) in [5.74, 6) is 0. The van der Waals surface area contributed by atoms with Gasteiger partial charge in [-0.25, -0.2) is 0 Å².